The zero-order valence-electron chi connectivity index (χ0n) is 9.89. The Hall–Kier alpha value is -1.64. The third kappa shape index (κ3) is 2.73. The number of nitrogens with two attached hydrogens (primary N) is 1. The molecule has 1 atom stereocenters. The number of rotatable bonds is 5. The van der Waals surface area contributed by atoms with Crippen LogP contribution in [-0.4, -0.2) is 0 Å². The summed E-state index contributed by atoms with van der Waals surface area (Å²) < 4.78 is 0. The number of hydrazine groups is 1. The average Bonchev–Trinajstić information content (AvgIpc) is 2.39. The molecule has 0 radical (unpaired) electrons. The molecule has 3 N–H and O–H groups in total. The van der Waals surface area contributed by atoms with Crippen LogP contribution in [0.1, 0.15) is 24.4 Å². The van der Waals surface area contributed by atoms with Crippen molar-refractivity contribution in [3.05, 3.63) is 60.7 Å². The molecule has 0 aliphatic heterocycles. The molecule has 0 saturated heterocycles. The summed E-state index contributed by atoms with van der Waals surface area (Å²) in [5.74, 6) is 5.61. The van der Waals surface area contributed by atoms with Crippen LogP contribution in [0.4, 0.5) is 0 Å². The van der Waals surface area contributed by atoms with Crippen LogP contribution in [0.2, 0.25) is 0 Å². The maximum atomic E-state index is 5.61. The van der Waals surface area contributed by atoms with Crippen LogP contribution in [-0.2, 0) is 0 Å². The third-order valence-corrected chi connectivity index (χ3v) is 3.04. The SMILES string of the molecule is C=CCCC(NN)c1ccc2ccccc2c1. The molecular weight excluding hydrogens is 208 g/mol. The number of benzene rings is 2. The lowest BCUT2D eigenvalue weighted by molar-refractivity contribution is 0.521. The van der Waals surface area contributed by atoms with Gasteiger partial charge in [-0.2, -0.15) is 0 Å². The Balaban J connectivity index is 2.30. The van der Waals surface area contributed by atoms with Gasteiger partial charge in [-0.15, -0.1) is 6.58 Å². The molecule has 2 rings (SSSR count). The van der Waals surface area contributed by atoms with Gasteiger partial charge in [-0.3, -0.25) is 11.3 Å². The molecule has 2 heteroatoms. The lowest BCUT2D eigenvalue weighted by Gasteiger charge is -2.16. The summed E-state index contributed by atoms with van der Waals surface area (Å²) >= 11 is 0. The van der Waals surface area contributed by atoms with Crippen molar-refractivity contribution in [1.29, 1.82) is 0 Å². The molecule has 2 aromatic rings. The molecule has 0 spiro atoms. The molecule has 0 heterocycles. The van der Waals surface area contributed by atoms with Gasteiger partial charge in [-0.05, 0) is 35.2 Å². The highest BCUT2D eigenvalue weighted by Gasteiger charge is 2.08. The van der Waals surface area contributed by atoms with Crippen LogP contribution in [0.15, 0.2) is 55.1 Å². The van der Waals surface area contributed by atoms with Crippen molar-refractivity contribution >= 4 is 10.8 Å². The molecule has 88 valence electrons. The molecule has 2 aromatic carbocycles. The Morgan fingerprint density at radius 2 is 1.94 bits per heavy atom. The van der Waals surface area contributed by atoms with E-state index in [1.807, 2.05) is 6.08 Å². The van der Waals surface area contributed by atoms with Gasteiger partial charge in [0, 0.05) is 6.04 Å². The highest BCUT2D eigenvalue weighted by atomic mass is 15.2. The first kappa shape index (κ1) is 11.8. The molecular formula is C15H18N2. The molecule has 0 bridgehead atoms. The Morgan fingerprint density at radius 1 is 1.18 bits per heavy atom. The van der Waals surface area contributed by atoms with E-state index in [9.17, 15) is 0 Å². The van der Waals surface area contributed by atoms with Gasteiger partial charge in [0.15, 0.2) is 0 Å². The van der Waals surface area contributed by atoms with E-state index in [1.54, 1.807) is 0 Å². The quantitative estimate of drug-likeness (QED) is 0.466. The van der Waals surface area contributed by atoms with Gasteiger partial charge in [0.1, 0.15) is 0 Å². The second-order valence-corrected chi connectivity index (χ2v) is 4.19. The molecule has 17 heavy (non-hydrogen) atoms. The van der Waals surface area contributed by atoms with Gasteiger partial charge in [0.05, 0.1) is 0 Å². The lowest BCUT2D eigenvalue weighted by Crippen LogP contribution is -2.27. The zero-order chi connectivity index (χ0) is 12.1. The Morgan fingerprint density at radius 3 is 2.65 bits per heavy atom. The maximum Gasteiger partial charge on any atom is 0.0463 e. The first-order valence-electron chi connectivity index (χ1n) is 5.91. The smallest absolute Gasteiger partial charge is 0.0463 e. The Bertz CT molecular complexity index is 505. The summed E-state index contributed by atoms with van der Waals surface area (Å²) in [5, 5.41) is 2.51. The minimum atomic E-state index is 0.192. The van der Waals surface area contributed by atoms with Crippen LogP contribution in [0.5, 0.6) is 0 Å². The van der Waals surface area contributed by atoms with Crippen molar-refractivity contribution in [2.24, 2.45) is 5.84 Å². The third-order valence-electron chi connectivity index (χ3n) is 3.04. The normalized spacial score (nSPS) is 12.5. The van der Waals surface area contributed by atoms with E-state index < -0.39 is 0 Å². The van der Waals surface area contributed by atoms with Gasteiger partial charge in [0.2, 0.25) is 0 Å². The monoisotopic (exact) mass is 226 g/mol. The van der Waals surface area contributed by atoms with Crippen molar-refractivity contribution in [3.63, 3.8) is 0 Å². The van der Waals surface area contributed by atoms with E-state index >= 15 is 0 Å². The maximum absolute atomic E-state index is 5.61. The van der Waals surface area contributed by atoms with Crippen molar-refractivity contribution < 1.29 is 0 Å². The molecule has 0 saturated carbocycles. The van der Waals surface area contributed by atoms with Crippen LogP contribution < -0.4 is 11.3 Å². The van der Waals surface area contributed by atoms with E-state index in [0.717, 1.165) is 12.8 Å². The van der Waals surface area contributed by atoms with Crippen LogP contribution in [0, 0.1) is 0 Å². The molecule has 0 aromatic heterocycles. The summed E-state index contributed by atoms with van der Waals surface area (Å²) in [7, 11) is 0. The topological polar surface area (TPSA) is 38.0 Å². The van der Waals surface area contributed by atoms with Crippen molar-refractivity contribution in [2.75, 3.05) is 0 Å². The fourth-order valence-corrected chi connectivity index (χ4v) is 2.06. The average molecular weight is 226 g/mol. The van der Waals surface area contributed by atoms with Crippen LogP contribution in [0.3, 0.4) is 0 Å². The largest absolute Gasteiger partial charge is 0.271 e. The molecule has 0 fully saturated rings. The van der Waals surface area contributed by atoms with Crippen LogP contribution in [0.25, 0.3) is 10.8 Å². The van der Waals surface area contributed by atoms with Crippen molar-refractivity contribution in [1.82, 2.24) is 5.43 Å². The molecule has 0 amide bonds. The molecule has 0 aliphatic carbocycles. The van der Waals surface area contributed by atoms with E-state index in [0.29, 0.717) is 0 Å². The first-order valence-corrected chi connectivity index (χ1v) is 5.91. The van der Waals surface area contributed by atoms with Gasteiger partial charge >= 0.3 is 0 Å². The minimum Gasteiger partial charge on any atom is -0.271 e. The van der Waals surface area contributed by atoms with Crippen molar-refractivity contribution in [3.8, 4) is 0 Å². The van der Waals surface area contributed by atoms with E-state index in [4.69, 9.17) is 5.84 Å². The summed E-state index contributed by atoms with van der Waals surface area (Å²) in [4.78, 5) is 0. The number of nitrogens with one attached hydrogen (secondary N) is 1. The fraction of sp³-hybridized carbons (Fsp3) is 0.200. The van der Waals surface area contributed by atoms with Crippen LogP contribution >= 0.6 is 0 Å². The Kier molecular flexibility index (Phi) is 3.91. The van der Waals surface area contributed by atoms with Gasteiger partial charge in [-0.25, -0.2) is 0 Å². The highest BCUT2D eigenvalue weighted by Crippen LogP contribution is 2.22. The second kappa shape index (κ2) is 5.62. The van der Waals surface area contributed by atoms with Gasteiger partial charge in [0.25, 0.3) is 0 Å². The molecule has 2 nitrogen and oxygen atoms in total. The number of fused-ring (bicyclic) bond motifs is 1. The Labute approximate surface area is 102 Å². The molecule has 0 aliphatic rings. The van der Waals surface area contributed by atoms with Gasteiger partial charge < -0.3 is 0 Å². The number of hydrogen-bond donors (Lipinski definition) is 2. The number of allylic oxidation sites excluding steroid dienone is 1. The summed E-state index contributed by atoms with van der Waals surface area (Å²) in [5.41, 5.74) is 4.10. The summed E-state index contributed by atoms with van der Waals surface area (Å²) in [6.07, 6.45) is 3.85. The summed E-state index contributed by atoms with van der Waals surface area (Å²) in [6, 6.07) is 15.0. The lowest BCUT2D eigenvalue weighted by atomic mass is 9.99. The zero-order valence-corrected chi connectivity index (χ0v) is 9.89. The summed E-state index contributed by atoms with van der Waals surface area (Å²) in [6.45, 7) is 3.74. The van der Waals surface area contributed by atoms with E-state index in [2.05, 4.69) is 54.5 Å². The fourth-order valence-electron chi connectivity index (χ4n) is 2.06. The molecule has 1 unspecified atom stereocenters. The highest BCUT2D eigenvalue weighted by molar-refractivity contribution is 5.83. The standard InChI is InChI=1S/C15H18N2/c1-2-3-8-15(17-16)14-10-9-12-6-4-5-7-13(12)11-14/h2,4-7,9-11,15,17H,1,3,8,16H2. The second-order valence-electron chi connectivity index (χ2n) is 4.19. The predicted octanol–water partition coefficient (Wildman–Crippen LogP) is 3.31. The van der Waals surface area contributed by atoms with Crippen molar-refractivity contribution in [2.45, 2.75) is 18.9 Å². The van der Waals surface area contributed by atoms with E-state index in [1.165, 1.54) is 16.3 Å². The number of hydrogen-bond acceptors (Lipinski definition) is 2. The minimum absolute atomic E-state index is 0.192. The van der Waals surface area contributed by atoms with Gasteiger partial charge in [-0.1, -0.05) is 42.5 Å². The predicted molar refractivity (Wildman–Crippen MR) is 73.4 cm³/mol. The first-order chi connectivity index (χ1) is 8.35. The van der Waals surface area contributed by atoms with E-state index in [-0.39, 0.29) is 6.04 Å².